The lowest BCUT2D eigenvalue weighted by atomic mass is 10.2. The Labute approximate surface area is 65.5 Å². The highest BCUT2D eigenvalue weighted by Gasteiger charge is 1.80. The van der Waals surface area contributed by atoms with Gasteiger partial charge in [-0.1, -0.05) is 47.7 Å². The minimum Gasteiger partial charge on any atom is -0.150 e. The van der Waals surface area contributed by atoms with Crippen LogP contribution in [0.4, 0.5) is 0 Å². The van der Waals surface area contributed by atoms with Crippen LogP contribution in [0.5, 0.6) is 0 Å². The molecule has 2 nitrogen and oxygen atoms in total. The average molecular weight is 147 g/mol. The average Bonchev–Trinajstić information content (AvgIpc) is 2.07. The summed E-state index contributed by atoms with van der Waals surface area (Å²) in [5, 5.41) is 2.71. The van der Waals surface area contributed by atoms with Gasteiger partial charge in [-0.05, 0) is 5.56 Å². The summed E-state index contributed by atoms with van der Waals surface area (Å²) in [4.78, 5) is 9.69. The van der Waals surface area contributed by atoms with Crippen LogP contribution < -0.4 is 0 Å². The molecule has 0 aliphatic rings. The summed E-state index contributed by atoms with van der Waals surface area (Å²) in [7, 11) is 0. The Morgan fingerprint density at radius 3 is 2.64 bits per heavy atom. The van der Waals surface area contributed by atoms with Crippen molar-refractivity contribution in [3.63, 3.8) is 0 Å². The molecular weight excluding hydrogens is 138 g/mol. The fourth-order valence-electron chi connectivity index (χ4n) is 0.796. The van der Waals surface area contributed by atoms with Crippen molar-refractivity contribution in [2.24, 2.45) is 5.18 Å². The van der Waals surface area contributed by atoms with E-state index in [2.05, 4.69) is 5.18 Å². The highest BCUT2D eigenvalue weighted by molar-refractivity contribution is 5.48. The van der Waals surface area contributed by atoms with Crippen molar-refractivity contribution in [1.82, 2.24) is 0 Å². The number of nitrogens with zero attached hydrogens (tertiary/aromatic N) is 1. The number of nitroso groups, excluding NO2 is 1. The molecule has 0 N–H and O–H groups in total. The molecule has 0 radical (unpaired) electrons. The van der Waals surface area contributed by atoms with Crippen molar-refractivity contribution < 1.29 is 0 Å². The van der Waals surface area contributed by atoms with Gasteiger partial charge in [0.05, 0.1) is 6.54 Å². The molecule has 1 aromatic rings. The fourth-order valence-corrected chi connectivity index (χ4v) is 0.796. The maximum absolute atomic E-state index is 9.69. The van der Waals surface area contributed by atoms with Crippen LogP contribution in [0.1, 0.15) is 5.56 Å². The molecule has 0 aliphatic heterocycles. The van der Waals surface area contributed by atoms with Crippen molar-refractivity contribution in [2.45, 2.75) is 0 Å². The highest BCUT2D eigenvalue weighted by atomic mass is 16.3. The van der Waals surface area contributed by atoms with E-state index in [4.69, 9.17) is 0 Å². The Balaban J connectivity index is 2.57. The van der Waals surface area contributed by atoms with E-state index in [0.29, 0.717) is 0 Å². The normalized spacial score (nSPS) is 10.2. The Bertz CT molecular complexity index is 241. The van der Waals surface area contributed by atoms with Crippen molar-refractivity contribution in [2.75, 3.05) is 6.54 Å². The summed E-state index contributed by atoms with van der Waals surface area (Å²) in [6.07, 6.45) is 3.61. The standard InChI is InChI=1S/C9H9NO/c11-10-8-4-7-9-5-2-1-3-6-9/h1-7H,8H2/b7-4+. The van der Waals surface area contributed by atoms with Gasteiger partial charge in [0.25, 0.3) is 0 Å². The summed E-state index contributed by atoms with van der Waals surface area (Å²) in [5.41, 5.74) is 1.09. The van der Waals surface area contributed by atoms with E-state index in [1.54, 1.807) is 6.08 Å². The first kappa shape index (κ1) is 7.66. The Kier molecular flexibility index (Phi) is 3.06. The summed E-state index contributed by atoms with van der Waals surface area (Å²) in [6.45, 7) is 0.245. The summed E-state index contributed by atoms with van der Waals surface area (Å²) < 4.78 is 0. The second kappa shape index (κ2) is 4.39. The molecule has 11 heavy (non-hydrogen) atoms. The van der Waals surface area contributed by atoms with E-state index in [0.717, 1.165) is 5.56 Å². The number of rotatable bonds is 3. The van der Waals surface area contributed by atoms with Crippen LogP contribution in [0.15, 0.2) is 41.6 Å². The van der Waals surface area contributed by atoms with Crippen LogP contribution in [0.25, 0.3) is 6.08 Å². The molecule has 0 saturated carbocycles. The van der Waals surface area contributed by atoms with Gasteiger partial charge in [0, 0.05) is 0 Å². The topological polar surface area (TPSA) is 29.4 Å². The Hall–Kier alpha value is -1.44. The molecule has 0 fully saturated rings. The van der Waals surface area contributed by atoms with Gasteiger partial charge in [0.15, 0.2) is 0 Å². The van der Waals surface area contributed by atoms with Crippen LogP contribution in [0.2, 0.25) is 0 Å². The quantitative estimate of drug-likeness (QED) is 0.604. The minimum atomic E-state index is 0.245. The zero-order valence-corrected chi connectivity index (χ0v) is 6.10. The fraction of sp³-hybridized carbons (Fsp3) is 0.111. The number of hydrogen-bond acceptors (Lipinski definition) is 2. The van der Waals surface area contributed by atoms with Crippen molar-refractivity contribution >= 4 is 6.08 Å². The molecule has 0 aromatic heterocycles. The molecular formula is C9H9NO. The zero-order chi connectivity index (χ0) is 7.94. The molecule has 0 unspecified atom stereocenters. The predicted molar refractivity (Wildman–Crippen MR) is 46.1 cm³/mol. The molecule has 56 valence electrons. The van der Waals surface area contributed by atoms with Crippen molar-refractivity contribution in [3.05, 3.63) is 46.9 Å². The van der Waals surface area contributed by atoms with Gasteiger partial charge in [-0.15, -0.1) is 0 Å². The van der Waals surface area contributed by atoms with E-state index < -0.39 is 0 Å². The smallest absolute Gasteiger partial charge is 0.0995 e. The Morgan fingerprint density at radius 2 is 2.00 bits per heavy atom. The van der Waals surface area contributed by atoms with Crippen LogP contribution >= 0.6 is 0 Å². The molecule has 0 amide bonds. The molecule has 2 heteroatoms. The molecule has 1 aromatic carbocycles. The lowest BCUT2D eigenvalue weighted by molar-refractivity contribution is 1.23. The summed E-state index contributed by atoms with van der Waals surface area (Å²) in [6, 6.07) is 9.81. The van der Waals surface area contributed by atoms with E-state index in [1.807, 2.05) is 36.4 Å². The first-order valence-electron chi connectivity index (χ1n) is 3.44. The third-order valence-electron chi connectivity index (χ3n) is 1.29. The van der Waals surface area contributed by atoms with Crippen LogP contribution in [0.3, 0.4) is 0 Å². The molecule has 0 atom stereocenters. The molecule has 1 rings (SSSR count). The predicted octanol–water partition coefficient (Wildman–Crippen LogP) is 2.47. The van der Waals surface area contributed by atoms with E-state index in [-0.39, 0.29) is 6.54 Å². The first-order chi connectivity index (χ1) is 5.43. The van der Waals surface area contributed by atoms with Crippen LogP contribution in [-0.4, -0.2) is 6.54 Å². The van der Waals surface area contributed by atoms with Gasteiger partial charge in [0.2, 0.25) is 0 Å². The van der Waals surface area contributed by atoms with Crippen molar-refractivity contribution in [3.8, 4) is 0 Å². The lowest BCUT2D eigenvalue weighted by Crippen LogP contribution is -1.70. The number of benzene rings is 1. The maximum Gasteiger partial charge on any atom is 0.0995 e. The monoisotopic (exact) mass is 147 g/mol. The molecule has 0 heterocycles. The first-order valence-corrected chi connectivity index (χ1v) is 3.44. The van der Waals surface area contributed by atoms with E-state index in [1.165, 1.54) is 0 Å². The third-order valence-corrected chi connectivity index (χ3v) is 1.29. The highest BCUT2D eigenvalue weighted by Crippen LogP contribution is 1.99. The summed E-state index contributed by atoms with van der Waals surface area (Å²) in [5.74, 6) is 0. The van der Waals surface area contributed by atoms with E-state index >= 15 is 0 Å². The largest absolute Gasteiger partial charge is 0.150 e. The summed E-state index contributed by atoms with van der Waals surface area (Å²) >= 11 is 0. The molecule has 0 spiro atoms. The maximum atomic E-state index is 9.69. The molecule has 0 saturated heterocycles. The van der Waals surface area contributed by atoms with Crippen LogP contribution in [0, 0.1) is 4.91 Å². The minimum absolute atomic E-state index is 0.245. The van der Waals surface area contributed by atoms with Crippen LogP contribution in [-0.2, 0) is 0 Å². The van der Waals surface area contributed by atoms with E-state index in [9.17, 15) is 4.91 Å². The second-order valence-electron chi connectivity index (χ2n) is 2.12. The van der Waals surface area contributed by atoms with Gasteiger partial charge in [-0.25, -0.2) is 0 Å². The molecule has 0 bridgehead atoms. The third kappa shape index (κ3) is 2.76. The number of hydrogen-bond donors (Lipinski definition) is 0. The van der Waals surface area contributed by atoms with Gasteiger partial charge in [-0.3, -0.25) is 0 Å². The lowest BCUT2D eigenvalue weighted by Gasteiger charge is -1.88. The SMILES string of the molecule is O=NC/C=C/c1ccccc1. The van der Waals surface area contributed by atoms with Gasteiger partial charge < -0.3 is 0 Å². The van der Waals surface area contributed by atoms with Gasteiger partial charge in [0.1, 0.15) is 0 Å². The second-order valence-corrected chi connectivity index (χ2v) is 2.12. The molecule has 0 aliphatic carbocycles. The van der Waals surface area contributed by atoms with Gasteiger partial charge in [-0.2, -0.15) is 4.91 Å². The van der Waals surface area contributed by atoms with Crippen molar-refractivity contribution in [1.29, 1.82) is 0 Å². The zero-order valence-electron chi connectivity index (χ0n) is 6.10. The van der Waals surface area contributed by atoms with Gasteiger partial charge >= 0.3 is 0 Å². The Morgan fingerprint density at radius 1 is 1.27 bits per heavy atom.